The molecule has 6 rings (SSSR count). The summed E-state index contributed by atoms with van der Waals surface area (Å²) in [6.07, 6.45) is 1.96. The molecule has 8 heteroatoms. The van der Waals surface area contributed by atoms with Crippen LogP contribution < -0.4 is 9.64 Å². The Bertz CT molecular complexity index is 1370. The van der Waals surface area contributed by atoms with Gasteiger partial charge in [-0.1, -0.05) is 29.8 Å². The molecule has 0 amide bonds. The summed E-state index contributed by atoms with van der Waals surface area (Å²) in [5, 5.41) is 13.0. The number of hydrogen-bond acceptors (Lipinski definition) is 7. The minimum atomic E-state index is -0.650. The number of thiazole rings is 1. The molecule has 3 aromatic rings. The molecule has 3 fully saturated rings. The first kappa shape index (κ1) is 27.2. The maximum Gasteiger partial charge on any atom is 0.310 e. The fourth-order valence-electron chi connectivity index (χ4n) is 6.70. The average molecular weight is 562 g/mol. The first-order chi connectivity index (χ1) is 19.3. The zero-order valence-corrected chi connectivity index (χ0v) is 24.5. The van der Waals surface area contributed by atoms with Crippen LogP contribution in [-0.2, 0) is 22.7 Å². The van der Waals surface area contributed by atoms with E-state index in [1.165, 1.54) is 16.7 Å². The van der Waals surface area contributed by atoms with E-state index in [-0.39, 0.29) is 11.8 Å². The number of nitrogens with zero attached hydrogens (tertiary/aromatic N) is 3. The first-order valence-corrected chi connectivity index (χ1v) is 15.3. The summed E-state index contributed by atoms with van der Waals surface area (Å²) in [7, 11) is 0. The van der Waals surface area contributed by atoms with Crippen LogP contribution in [0.3, 0.4) is 0 Å². The second-order valence-corrected chi connectivity index (χ2v) is 12.8. The van der Waals surface area contributed by atoms with E-state index in [0.717, 1.165) is 86.5 Å². The third-order valence-corrected chi connectivity index (χ3v) is 10.3. The van der Waals surface area contributed by atoms with Crippen LogP contribution in [0.15, 0.2) is 41.8 Å². The van der Waals surface area contributed by atoms with Crippen LogP contribution in [0.2, 0.25) is 0 Å². The van der Waals surface area contributed by atoms with Crippen molar-refractivity contribution < 1.29 is 19.4 Å². The Labute approximate surface area is 240 Å². The van der Waals surface area contributed by atoms with E-state index in [0.29, 0.717) is 6.61 Å². The van der Waals surface area contributed by atoms with Crippen LogP contribution >= 0.6 is 11.3 Å². The summed E-state index contributed by atoms with van der Waals surface area (Å²) >= 11 is 1.64. The molecule has 2 aliphatic heterocycles. The maximum absolute atomic E-state index is 12.1. The van der Waals surface area contributed by atoms with Gasteiger partial charge >= 0.3 is 5.97 Å². The van der Waals surface area contributed by atoms with Crippen molar-refractivity contribution in [1.82, 2.24) is 9.88 Å². The molecule has 0 radical (unpaired) electrons. The summed E-state index contributed by atoms with van der Waals surface area (Å²) in [4.78, 5) is 21.9. The smallest absolute Gasteiger partial charge is 0.310 e. The SMILES string of the molecule is Cc1ccc(OCc2ccc(CN3CCOCC3)cc2C)c(-c2csc(N3C[C@H]4CC[C@@H](C3)[C@@]4(C)C(=O)O)n2)c1. The Morgan fingerprint density at radius 2 is 1.88 bits per heavy atom. The fraction of sp³-hybridized carbons (Fsp3) is 0.500. The molecule has 1 N–H and O–H groups in total. The van der Waals surface area contributed by atoms with E-state index in [9.17, 15) is 9.90 Å². The summed E-state index contributed by atoms with van der Waals surface area (Å²) in [6, 6.07) is 13.0. The Balaban J connectivity index is 1.15. The molecule has 2 saturated heterocycles. The van der Waals surface area contributed by atoms with E-state index < -0.39 is 11.4 Å². The number of carboxylic acid groups (broad SMARTS) is 1. The number of aromatic nitrogens is 1. The molecule has 7 nitrogen and oxygen atoms in total. The van der Waals surface area contributed by atoms with E-state index in [2.05, 4.69) is 59.4 Å². The van der Waals surface area contributed by atoms with Crippen molar-refractivity contribution in [2.45, 2.75) is 46.8 Å². The van der Waals surface area contributed by atoms with Gasteiger partial charge in [-0.05, 0) is 74.3 Å². The predicted octanol–water partition coefficient (Wildman–Crippen LogP) is 5.78. The molecule has 40 heavy (non-hydrogen) atoms. The largest absolute Gasteiger partial charge is 0.488 e. The van der Waals surface area contributed by atoms with Gasteiger partial charge in [0.1, 0.15) is 12.4 Å². The van der Waals surface area contributed by atoms with Crippen LogP contribution in [0, 0.1) is 31.1 Å². The van der Waals surface area contributed by atoms with Gasteiger partial charge in [0.05, 0.1) is 24.3 Å². The van der Waals surface area contributed by atoms with Crippen LogP contribution in [-0.4, -0.2) is 60.4 Å². The molecule has 3 heterocycles. The predicted molar refractivity (Wildman–Crippen MR) is 158 cm³/mol. The molecule has 1 aromatic heterocycles. The molecule has 2 aromatic carbocycles. The van der Waals surface area contributed by atoms with Crippen molar-refractivity contribution in [1.29, 1.82) is 0 Å². The van der Waals surface area contributed by atoms with E-state index in [1.54, 1.807) is 11.3 Å². The highest BCUT2D eigenvalue weighted by molar-refractivity contribution is 7.14. The highest BCUT2D eigenvalue weighted by atomic mass is 32.1. The van der Waals surface area contributed by atoms with Crippen molar-refractivity contribution in [2.75, 3.05) is 44.3 Å². The number of benzene rings is 2. The van der Waals surface area contributed by atoms with Crippen molar-refractivity contribution in [3.05, 3.63) is 64.0 Å². The van der Waals surface area contributed by atoms with Gasteiger partial charge in [-0.15, -0.1) is 11.3 Å². The number of aliphatic carboxylic acids is 1. The zero-order chi connectivity index (χ0) is 27.9. The van der Waals surface area contributed by atoms with Crippen LogP contribution in [0.1, 0.15) is 42.0 Å². The lowest BCUT2D eigenvalue weighted by Gasteiger charge is -2.42. The lowest BCUT2D eigenvalue weighted by Crippen LogP contribution is -2.51. The van der Waals surface area contributed by atoms with Crippen molar-refractivity contribution in [2.24, 2.45) is 17.3 Å². The lowest BCUT2D eigenvalue weighted by atomic mass is 9.71. The number of rotatable bonds is 8. The molecule has 1 aliphatic carbocycles. The number of hydrogen-bond donors (Lipinski definition) is 1. The summed E-state index contributed by atoms with van der Waals surface area (Å²) < 4.78 is 11.9. The van der Waals surface area contributed by atoms with Crippen LogP contribution in [0.5, 0.6) is 5.75 Å². The van der Waals surface area contributed by atoms with Gasteiger partial charge in [-0.25, -0.2) is 4.98 Å². The highest BCUT2D eigenvalue weighted by Gasteiger charge is 2.56. The molecule has 0 spiro atoms. The summed E-state index contributed by atoms with van der Waals surface area (Å²) in [5.74, 6) is 0.509. The number of aryl methyl sites for hydroxylation is 2. The van der Waals surface area contributed by atoms with E-state index in [4.69, 9.17) is 14.5 Å². The van der Waals surface area contributed by atoms with Crippen LogP contribution in [0.25, 0.3) is 11.3 Å². The summed E-state index contributed by atoms with van der Waals surface area (Å²) in [5.41, 5.74) is 6.20. The van der Waals surface area contributed by atoms with Gasteiger partial charge in [-0.2, -0.15) is 0 Å². The second-order valence-electron chi connectivity index (χ2n) is 11.9. The summed E-state index contributed by atoms with van der Waals surface area (Å²) in [6.45, 7) is 12.7. The molecular weight excluding hydrogens is 522 g/mol. The molecule has 0 unspecified atom stereocenters. The molecule has 212 valence electrons. The third kappa shape index (κ3) is 5.24. The Morgan fingerprint density at radius 1 is 1.12 bits per heavy atom. The van der Waals surface area contributed by atoms with Gasteiger partial charge < -0.3 is 19.5 Å². The second kappa shape index (κ2) is 11.1. The lowest BCUT2D eigenvalue weighted by molar-refractivity contribution is -0.153. The Morgan fingerprint density at radius 3 is 2.58 bits per heavy atom. The van der Waals surface area contributed by atoms with E-state index >= 15 is 0 Å². The molecule has 3 atom stereocenters. The number of ether oxygens (including phenoxy) is 2. The first-order valence-electron chi connectivity index (χ1n) is 14.4. The number of piperidine rings is 1. The zero-order valence-electron chi connectivity index (χ0n) is 23.7. The number of anilines is 1. The normalized spacial score (nSPS) is 24.8. The molecule has 1 saturated carbocycles. The molecular formula is C32H39N3O4S. The molecule has 3 aliphatic rings. The van der Waals surface area contributed by atoms with Gasteiger partial charge in [0, 0.05) is 43.7 Å². The third-order valence-electron chi connectivity index (χ3n) is 9.38. The average Bonchev–Trinajstić information content (AvgIpc) is 3.48. The number of fused-ring (bicyclic) bond motifs is 2. The van der Waals surface area contributed by atoms with Gasteiger partial charge in [0.25, 0.3) is 0 Å². The van der Waals surface area contributed by atoms with Gasteiger partial charge in [0.15, 0.2) is 5.13 Å². The Kier molecular flexibility index (Phi) is 7.59. The van der Waals surface area contributed by atoms with Crippen molar-refractivity contribution >= 4 is 22.4 Å². The maximum atomic E-state index is 12.1. The standard InChI is InChI=1S/C32H39N3O4S/c1-21-4-9-29(39-19-24-6-5-23(15-22(24)2)16-34-10-12-38-13-11-34)27(14-21)28-20-40-31(33-28)35-17-25-7-8-26(18-35)32(25,3)30(36)37/h4-6,9,14-15,20,25-26H,7-8,10-13,16-19H2,1-3H3,(H,36,37)/t25-,26+,32+. The quantitative estimate of drug-likeness (QED) is 0.374. The highest BCUT2D eigenvalue weighted by Crippen LogP contribution is 2.52. The topological polar surface area (TPSA) is 75.1 Å². The fourth-order valence-corrected chi connectivity index (χ4v) is 7.55. The van der Waals surface area contributed by atoms with Crippen molar-refractivity contribution in [3.63, 3.8) is 0 Å². The minimum Gasteiger partial charge on any atom is -0.488 e. The minimum absolute atomic E-state index is 0.164. The van der Waals surface area contributed by atoms with Gasteiger partial charge in [-0.3, -0.25) is 9.69 Å². The Hall–Kier alpha value is -2.94. The number of carbonyl (C=O) groups is 1. The van der Waals surface area contributed by atoms with Gasteiger partial charge in [0.2, 0.25) is 0 Å². The van der Waals surface area contributed by atoms with Crippen molar-refractivity contribution in [3.8, 4) is 17.0 Å². The molecule has 2 bridgehead atoms. The van der Waals surface area contributed by atoms with Crippen LogP contribution in [0.4, 0.5) is 5.13 Å². The monoisotopic (exact) mass is 561 g/mol. The van der Waals surface area contributed by atoms with E-state index in [1.807, 2.05) is 13.0 Å². The number of carboxylic acids is 1. The number of morpholine rings is 1.